The van der Waals surface area contributed by atoms with E-state index >= 15 is 0 Å². The molecule has 0 radical (unpaired) electrons. The van der Waals surface area contributed by atoms with Crippen LogP contribution in [0, 0.1) is 5.92 Å². The maximum absolute atomic E-state index is 14.8. The molecule has 3 aromatic rings. The molecule has 4 amide bonds. The largest absolute Gasteiger partial charge is 0.497 e. The van der Waals surface area contributed by atoms with Gasteiger partial charge in [0.1, 0.15) is 40.9 Å². The molecule has 63 heavy (non-hydrogen) atoms. The van der Waals surface area contributed by atoms with Gasteiger partial charge in [0.15, 0.2) is 5.13 Å². The summed E-state index contributed by atoms with van der Waals surface area (Å²) in [6, 6.07) is 4.43. The Labute approximate surface area is 371 Å². The molecule has 2 saturated heterocycles. The molecule has 0 bridgehead atoms. The SMILES string of the molecule is COc1ccc2c(O[C@@H]3C[C@H]4C(=O)N[C@]5(C(=O)O)CC5/C=C\CCCCC[C@H](NC(=O)NC(CN5CCN(C)S5(=O)=O)=C(C)C)C(=O)N4C3)cc(-c3csc(NC(C)C)n3)nc2c1. The fourth-order valence-electron chi connectivity index (χ4n) is 8.23. The van der Waals surface area contributed by atoms with Gasteiger partial charge < -0.3 is 40.7 Å². The number of likely N-dealkylation sites (N-methyl/N-ethyl adjacent to an activating group) is 1. The first kappa shape index (κ1) is 45.7. The van der Waals surface area contributed by atoms with E-state index in [-0.39, 0.29) is 44.9 Å². The number of hydrogen-bond acceptors (Lipinski definition) is 12. The number of benzene rings is 1. The number of aliphatic carboxylic acids is 1. The second kappa shape index (κ2) is 18.8. The van der Waals surface area contributed by atoms with Gasteiger partial charge in [0, 0.05) is 67.1 Å². The molecule has 340 valence electrons. The van der Waals surface area contributed by atoms with Gasteiger partial charge in [0.25, 0.3) is 10.2 Å². The van der Waals surface area contributed by atoms with Gasteiger partial charge in [-0.15, -0.1) is 11.3 Å². The van der Waals surface area contributed by atoms with Crippen molar-refractivity contribution in [1.82, 2.24) is 39.4 Å². The van der Waals surface area contributed by atoms with Crippen LogP contribution >= 0.6 is 11.3 Å². The molecule has 20 heteroatoms. The minimum absolute atomic E-state index is 0.0296. The molecule has 5 atom stereocenters. The third-order valence-corrected chi connectivity index (χ3v) is 14.7. The van der Waals surface area contributed by atoms with Crippen molar-refractivity contribution in [2.45, 2.75) is 102 Å². The summed E-state index contributed by atoms with van der Waals surface area (Å²) in [5, 5.41) is 25.4. The molecular weight excluding hydrogens is 851 g/mol. The molecule has 3 aliphatic heterocycles. The number of carbonyl (C=O) groups excluding carboxylic acids is 3. The summed E-state index contributed by atoms with van der Waals surface area (Å²) in [5.41, 5.74) is 1.29. The van der Waals surface area contributed by atoms with Crippen LogP contribution in [0.5, 0.6) is 11.5 Å². The van der Waals surface area contributed by atoms with Crippen LogP contribution in [0.25, 0.3) is 22.3 Å². The van der Waals surface area contributed by atoms with E-state index in [4.69, 9.17) is 19.4 Å². The van der Waals surface area contributed by atoms with Crippen LogP contribution in [0.2, 0.25) is 0 Å². The van der Waals surface area contributed by atoms with Gasteiger partial charge in [-0.2, -0.15) is 17.0 Å². The number of hydrogen-bond donors (Lipinski definition) is 5. The van der Waals surface area contributed by atoms with Gasteiger partial charge in [-0.1, -0.05) is 30.6 Å². The molecule has 3 fully saturated rings. The Morgan fingerprint density at radius 1 is 1.10 bits per heavy atom. The van der Waals surface area contributed by atoms with Gasteiger partial charge >= 0.3 is 12.0 Å². The zero-order chi connectivity index (χ0) is 45.2. The van der Waals surface area contributed by atoms with E-state index in [1.807, 2.05) is 37.4 Å². The van der Waals surface area contributed by atoms with Crippen molar-refractivity contribution in [3.8, 4) is 22.9 Å². The number of pyridine rings is 1. The van der Waals surface area contributed by atoms with Crippen molar-refractivity contribution < 1.29 is 42.2 Å². The molecule has 18 nitrogen and oxygen atoms in total. The predicted molar refractivity (Wildman–Crippen MR) is 238 cm³/mol. The highest BCUT2D eigenvalue weighted by molar-refractivity contribution is 7.87. The van der Waals surface area contributed by atoms with Crippen molar-refractivity contribution in [2.75, 3.05) is 45.7 Å². The number of allylic oxidation sites excluding steroid dienone is 2. The highest BCUT2D eigenvalue weighted by atomic mass is 32.2. The Hall–Kier alpha value is -5.31. The van der Waals surface area contributed by atoms with Gasteiger partial charge in [-0.05, 0) is 65.5 Å². The maximum Gasteiger partial charge on any atom is 0.330 e. The van der Waals surface area contributed by atoms with E-state index in [0.29, 0.717) is 64.4 Å². The number of nitrogens with zero attached hydrogens (tertiary/aromatic N) is 5. The first-order chi connectivity index (χ1) is 30.0. The lowest BCUT2D eigenvalue weighted by Crippen LogP contribution is -2.57. The van der Waals surface area contributed by atoms with Crippen molar-refractivity contribution in [3.05, 3.63) is 53.1 Å². The normalized spacial score (nSPS) is 25.9. The van der Waals surface area contributed by atoms with Gasteiger partial charge in [0.05, 0.1) is 31.4 Å². The van der Waals surface area contributed by atoms with Crippen LogP contribution in [0.1, 0.15) is 72.6 Å². The maximum atomic E-state index is 14.8. The monoisotopic (exact) mass is 907 g/mol. The second-order valence-electron chi connectivity index (χ2n) is 17.1. The number of carboxylic acid groups (broad SMARTS) is 1. The summed E-state index contributed by atoms with van der Waals surface area (Å²) < 4.78 is 40.5. The molecular formula is C43H57N9O9S2. The van der Waals surface area contributed by atoms with Crippen LogP contribution in [-0.4, -0.2) is 131 Å². The van der Waals surface area contributed by atoms with Crippen molar-refractivity contribution in [2.24, 2.45) is 5.92 Å². The number of fused-ring (bicyclic) bond motifs is 3. The number of rotatable bonds is 11. The minimum atomic E-state index is -3.69. The summed E-state index contributed by atoms with van der Waals surface area (Å²) in [6.45, 7) is 8.03. The summed E-state index contributed by atoms with van der Waals surface area (Å²) in [7, 11) is -0.629. The van der Waals surface area contributed by atoms with Gasteiger partial charge in [-0.3, -0.25) is 9.59 Å². The minimum Gasteiger partial charge on any atom is -0.497 e. The van der Waals surface area contributed by atoms with Crippen LogP contribution in [-0.2, 0) is 24.6 Å². The third-order valence-electron chi connectivity index (χ3n) is 12.0. The number of carboxylic acids is 1. The molecule has 1 aliphatic carbocycles. The summed E-state index contributed by atoms with van der Waals surface area (Å²) in [4.78, 5) is 66.7. The number of urea groups is 1. The molecule has 2 aromatic heterocycles. The number of anilines is 1. The molecule has 5 heterocycles. The second-order valence-corrected chi connectivity index (χ2v) is 20.0. The zero-order valence-corrected chi connectivity index (χ0v) is 38.1. The molecule has 5 N–H and O–H groups in total. The quantitative estimate of drug-likeness (QED) is 0.168. The standard InChI is InChI=1S/C43H57N9O9S2/c1-25(2)34(23-51-17-16-50(5)63(51,58)59)47-41(57)46-31-13-11-9-7-8-10-12-27-21-43(27,40(55)56)49-38(53)36-19-29(22-52(36)39(31)54)61-37-20-33(35-24-62-42(48-35)44-26(3)4)45-32-18-28(60-6)14-15-30(32)37/h10,12,14-15,18,20,24,26-27,29,31,36H,7-9,11,13,16-17,19,21-23H2,1-6H3,(H,44,48)(H,49,53)(H,55,56)(H2,46,47,57)/b12-10-/t27?,29-,31+,36+,43-/m1/s1. The topological polar surface area (TPSA) is 225 Å². The average molecular weight is 908 g/mol. The van der Waals surface area contributed by atoms with E-state index in [2.05, 4.69) is 21.3 Å². The van der Waals surface area contributed by atoms with E-state index in [9.17, 15) is 32.7 Å². The van der Waals surface area contributed by atoms with Gasteiger partial charge in [0.2, 0.25) is 11.8 Å². The van der Waals surface area contributed by atoms with Crippen LogP contribution in [0.4, 0.5) is 9.93 Å². The Morgan fingerprint density at radius 2 is 1.89 bits per heavy atom. The van der Waals surface area contributed by atoms with Crippen LogP contribution < -0.4 is 30.7 Å². The lowest BCUT2D eigenvalue weighted by Gasteiger charge is -2.29. The molecule has 1 aromatic carbocycles. The highest BCUT2D eigenvalue weighted by Gasteiger charge is 2.61. The molecule has 1 saturated carbocycles. The first-order valence-corrected chi connectivity index (χ1v) is 23.6. The number of amides is 4. The Balaban J connectivity index is 1.19. The summed E-state index contributed by atoms with van der Waals surface area (Å²) >= 11 is 1.45. The Morgan fingerprint density at radius 3 is 2.59 bits per heavy atom. The first-order valence-electron chi connectivity index (χ1n) is 21.3. The van der Waals surface area contributed by atoms with Gasteiger partial charge in [-0.25, -0.2) is 19.6 Å². The van der Waals surface area contributed by atoms with E-state index < -0.39 is 63.7 Å². The molecule has 0 spiro atoms. The molecule has 7 rings (SSSR count). The van der Waals surface area contributed by atoms with Crippen molar-refractivity contribution in [3.63, 3.8) is 0 Å². The third kappa shape index (κ3) is 10.1. The Bertz CT molecular complexity index is 2420. The number of methoxy groups -OCH3 is 1. The number of ether oxygens (including phenoxy) is 2. The van der Waals surface area contributed by atoms with E-state index in [1.165, 1.54) is 31.9 Å². The number of thiazole rings is 1. The fraction of sp³-hybridized carbons (Fsp3) is 0.535. The summed E-state index contributed by atoms with van der Waals surface area (Å²) in [5.74, 6) is -1.69. The number of carbonyl (C=O) groups is 4. The smallest absolute Gasteiger partial charge is 0.330 e. The summed E-state index contributed by atoms with van der Waals surface area (Å²) in [6.07, 6.45) is 6.33. The average Bonchev–Trinajstić information content (AvgIpc) is 3.46. The van der Waals surface area contributed by atoms with Crippen LogP contribution in [0.15, 0.2) is 53.1 Å². The lowest BCUT2D eigenvalue weighted by atomic mass is 10.0. The van der Waals surface area contributed by atoms with Crippen molar-refractivity contribution in [1.29, 1.82) is 0 Å². The van der Waals surface area contributed by atoms with E-state index in [0.717, 1.165) is 18.0 Å². The van der Waals surface area contributed by atoms with Crippen LogP contribution in [0.3, 0.4) is 0 Å². The molecule has 1 unspecified atom stereocenters. The molecule has 4 aliphatic rings. The predicted octanol–water partition coefficient (Wildman–Crippen LogP) is 4.47. The highest BCUT2D eigenvalue weighted by Crippen LogP contribution is 2.45. The number of aromatic nitrogens is 2. The Kier molecular flexibility index (Phi) is 13.6. The fourth-order valence-corrected chi connectivity index (χ4v) is 10.4. The lowest BCUT2D eigenvalue weighted by molar-refractivity contribution is -0.145. The van der Waals surface area contributed by atoms with Crippen molar-refractivity contribution >= 4 is 61.4 Å². The zero-order valence-electron chi connectivity index (χ0n) is 36.5. The number of nitrogens with one attached hydrogen (secondary N) is 4. The van der Waals surface area contributed by atoms with E-state index in [1.54, 1.807) is 39.2 Å².